The summed E-state index contributed by atoms with van der Waals surface area (Å²) in [4.78, 5) is 11.4. The molecule has 0 saturated heterocycles. The molecule has 0 bridgehead atoms. The molecule has 7 heteroatoms. The van der Waals surface area contributed by atoms with Crippen molar-refractivity contribution >= 4 is 18.0 Å². The van der Waals surface area contributed by atoms with Crippen LogP contribution in [0.2, 0.25) is 0 Å². The molecule has 2 aromatic rings. The Morgan fingerprint density at radius 2 is 1.95 bits per heavy atom. The second kappa shape index (κ2) is 5.70. The van der Waals surface area contributed by atoms with E-state index in [1.165, 1.54) is 4.68 Å². The quantitative estimate of drug-likeness (QED) is 0.640. The normalized spacial score (nSPS) is 11.6. The number of carbonyl (C=O) groups is 1. The van der Waals surface area contributed by atoms with E-state index in [1.54, 1.807) is 37.5 Å². The van der Waals surface area contributed by atoms with Crippen molar-refractivity contribution < 1.29 is 18.0 Å². The van der Waals surface area contributed by atoms with E-state index in [0.717, 1.165) is 11.8 Å². The Morgan fingerprint density at radius 1 is 1.30 bits per heavy atom. The molecule has 0 spiro atoms. The first-order valence-electron chi connectivity index (χ1n) is 5.68. The minimum Gasteiger partial charge on any atom is -0.298 e. The molecule has 0 fully saturated rings. The van der Waals surface area contributed by atoms with Crippen LogP contribution in [0.3, 0.4) is 0 Å². The largest absolute Gasteiger partial charge is 0.398 e. The molecule has 0 N–H and O–H groups in total. The molecule has 0 radical (unpaired) electrons. The summed E-state index contributed by atoms with van der Waals surface area (Å²) >= 11 is 0.726. The lowest BCUT2D eigenvalue weighted by atomic mass is 10.1. The van der Waals surface area contributed by atoms with Crippen molar-refractivity contribution in [1.82, 2.24) is 9.78 Å². The van der Waals surface area contributed by atoms with Crippen molar-refractivity contribution in [3.05, 3.63) is 36.0 Å². The Morgan fingerprint density at radius 3 is 2.50 bits per heavy atom. The highest BCUT2D eigenvalue weighted by atomic mass is 32.2. The van der Waals surface area contributed by atoms with Gasteiger partial charge in [0.05, 0.1) is 11.3 Å². The molecule has 106 valence electrons. The molecule has 2 rings (SSSR count). The average Bonchev–Trinajstić information content (AvgIpc) is 2.77. The molecule has 1 heterocycles. The lowest BCUT2D eigenvalue weighted by Gasteiger charge is -2.06. The SMILES string of the molecule is Cn1cc(C=O)c(-c2ccc(SCC(F)(F)F)cc2)n1. The van der Waals surface area contributed by atoms with Gasteiger partial charge in [-0.25, -0.2) is 0 Å². The predicted octanol–water partition coefficient (Wildman–Crippen LogP) is 3.55. The van der Waals surface area contributed by atoms with Crippen LogP contribution in [0.25, 0.3) is 11.3 Å². The molecule has 1 aromatic carbocycles. The van der Waals surface area contributed by atoms with Crippen molar-refractivity contribution in [3.63, 3.8) is 0 Å². The van der Waals surface area contributed by atoms with Gasteiger partial charge in [-0.3, -0.25) is 9.48 Å². The van der Waals surface area contributed by atoms with Crippen LogP contribution < -0.4 is 0 Å². The predicted molar refractivity (Wildman–Crippen MR) is 70.8 cm³/mol. The maximum Gasteiger partial charge on any atom is 0.398 e. The van der Waals surface area contributed by atoms with Gasteiger partial charge in [-0.1, -0.05) is 12.1 Å². The summed E-state index contributed by atoms with van der Waals surface area (Å²) in [7, 11) is 1.70. The highest BCUT2D eigenvalue weighted by Crippen LogP contribution is 2.29. The Balaban J connectivity index is 2.17. The maximum atomic E-state index is 12.1. The van der Waals surface area contributed by atoms with Crippen molar-refractivity contribution in [2.45, 2.75) is 11.1 Å². The lowest BCUT2D eigenvalue weighted by molar-refractivity contribution is -0.105. The number of aryl methyl sites for hydroxylation is 1. The Hall–Kier alpha value is -1.76. The number of alkyl halides is 3. The molecule has 0 saturated carbocycles. The smallest absolute Gasteiger partial charge is 0.298 e. The van der Waals surface area contributed by atoms with Crippen molar-refractivity contribution in [3.8, 4) is 11.3 Å². The minimum absolute atomic E-state index is 0.447. The molecule has 0 aliphatic carbocycles. The van der Waals surface area contributed by atoms with Crippen LogP contribution in [0.15, 0.2) is 35.4 Å². The highest BCUT2D eigenvalue weighted by molar-refractivity contribution is 7.99. The first-order valence-corrected chi connectivity index (χ1v) is 6.66. The first-order chi connectivity index (χ1) is 9.39. The number of carbonyl (C=O) groups excluding carboxylic acids is 1. The third kappa shape index (κ3) is 3.63. The number of nitrogens with zero attached hydrogens (tertiary/aromatic N) is 2. The average molecular weight is 300 g/mol. The number of halogens is 3. The molecule has 0 aliphatic rings. The van der Waals surface area contributed by atoms with Crippen LogP contribution >= 0.6 is 11.8 Å². The Bertz CT molecular complexity index is 605. The van der Waals surface area contributed by atoms with Crippen LogP contribution in [-0.4, -0.2) is 28.0 Å². The van der Waals surface area contributed by atoms with Gasteiger partial charge in [0.2, 0.25) is 0 Å². The van der Waals surface area contributed by atoms with E-state index in [2.05, 4.69) is 5.10 Å². The topological polar surface area (TPSA) is 34.9 Å². The van der Waals surface area contributed by atoms with E-state index in [0.29, 0.717) is 28.0 Å². The van der Waals surface area contributed by atoms with Crippen molar-refractivity contribution in [2.75, 3.05) is 5.75 Å². The van der Waals surface area contributed by atoms with Gasteiger partial charge in [0.15, 0.2) is 6.29 Å². The molecule has 20 heavy (non-hydrogen) atoms. The third-order valence-corrected chi connectivity index (χ3v) is 3.59. The van der Waals surface area contributed by atoms with Crippen molar-refractivity contribution in [2.24, 2.45) is 7.05 Å². The summed E-state index contributed by atoms with van der Waals surface area (Å²) in [6.07, 6.45) is -1.89. The van der Waals surface area contributed by atoms with Gasteiger partial charge >= 0.3 is 6.18 Å². The second-order valence-electron chi connectivity index (χ2n) is 4.15. The van der Waals surface area contributed by atoms with Gasteiger partial charge in [-0.05, 0) is 12.1 Å². The highest BCUT2D eigenvalue weighted by Gasteiger charge is 2.27. The van der Waals surface area contributed by atoms with Crippen LogP contribution in [0.4, 0.5) is 13.2 Å². The molecule has 0 aliphatic heterocycles. The second-order valence-corrected chi connectivity index (χ2v) is 5.20. The van der Waals surface area contributed by atoms with E-state index >= 15 is 0 Å². The Labute approximate surface area is 117 Å². The Kier molecular flexibility index (Phi) is 4.17. The molecule has 0 unspecified atom stereocenters. The fourth-order valence-electron chi connectivity index (χ4n) is 1.69. The zero-order valence-electron chi connectivity index (χ0n) is 10.5. The zero-order valence-corrected chi connectivity index (χ0v) is 11.3. The lowest BCUT2D eigenvalue weighted by Crippen LogP contribution is -2.10. The number of rotatable bonds is 4. The van der Waals surface area contributed by atoms with E-state index in [-0.39, 0.29) is 0 Å². The number of thioether (sulfide) groups is 1. The van der Waals surface area contributed by atoms with E-state index < -0.39 is 11.9 Å². The van der Waals surface area contributed by atoms with E-state index in [1.807, 2.05) is 0 Å². The first kappa shape index (κ1) is 14.6. The molecule has 0 atom stereocenters. The molecule has 3 nitrogen and oxygen atoms in total. The van der Waals surface area contributed by atoms with Gasteiger partial charge in [0.1, 0.15) is 5.69 Å². The molecular weight excluding hydrogens is 289 g/mol. The molecular formula is C13H11F3N2OS. The zero-order chi connectivity index (χ0) is 14.8. The molecule has 1 aromatic heterocycles. The summed E-state index contributed by atoms with van der Waals surface area (Å²) in [5.41, 5.74) is 1.67. The fraction of sp³-hybridized carbons (Fsp3) is 0.231. The number of aromatic nitrogens is 2. The van der Waals surface area contributed by atoms with Gasteiger partial charge < -0.3 is 0 Å². The standard InChI is InChI=1S/C13H11F3N2OS/c1-18-6-10(7-19)12(17-18)9-2-4-11(5-3-9)20-8-13(14,15)16/h2-7H,8H2,1H3. The van der Waals surface area contributed by atoms with Crippen LogP contribution in [0, 0.1) is 0 Å². The molecule has 0 amide bonds. The summed E-state index contributed by atoms with van der Waals surface area (Å²) < 4.78 is 37.9. The third-order valence-electron chi connectivity index (χ3n) is 2.51. The van der Waals surface area contributed by atoms with Gasteiger partial charge in [-0.2, -0.15) is 18.3 Å². The minimum atomic E-state index is -4.19. The fourth-order valence-corrected chi connectivity index (χ4v) is 2.35. The summed E-state index contributed by atoms with van der Waals surface area (Å²) in [5, 5.41) is 4.17. The maximum absolute atomic E-state index is 12.1. The number of hydrogen-bond acceptors (Lipinski definition) is 3. The summed E-state index contributed by atoms with van der Waals surface area (Å²) in [5.74, 6) is -0.921. The van der Waals surface area contributed by atoms with Gasteiger partial charge in [-0.15, -0.1) is 11.8 Å². The summed E-state index contributed by atoms with van der Waals surface area (Å²) in [6, 6.07) is 6.51. The number of hydrogen-bond donors (Lipinski definition) is 0. The van der Waals surface area contributed by atoms with Gasteiger partial charge in [0, 0.05) is 23.7 Å². The van der Waals surface area contributed by atoms with E-state index in [4.69, 9.17) is 0 Å². The van der Waals surface area contributed by atoms with E-state index in [9.17, 15) is 18.0 Å². The van der Waals surface area contributed by atoms with Crippen LogP contribution in [0.1, 0.15) is 10.4 Å². The number of benzene rings is 1. The van der Waals surface area contributed by atoms with Crippen molar-refractivity contribution in [1.29, 1.82) is 0 Å². The monoisotopic (exact) mass is 300 g/mol. The number of aldehydes is 1. The van der Waals surface area contributed by atoms with Crippen LogP contribution in [-0.2, 0) is 7.05 Å². The van der Waals surface area contributed by atoms with Crippen LogP contribution in [0.5, 0.6) is 0 Å². The summed E-state index contributed by atoms with van der Waals surface area (Å²) in [6.45, 7) is 0. The van der Waals surface area contributed by atoms with Gasteiger partial charge in [0.25, 0.3) is 0 Å².